The zero-order chi connectivity index (χ0) is 17.3. The summed E-state index contributed by atoms with van der Waals surface area (Å²) in [5.74, 6) is 1.07. The molecule has 2 aromatic carbocycles. The molecule has 0 aliphatic carbocycles. The summed E-state index contributed by atoms with van der Waals surface area (Å²) in [6.07, 6.45) is 0.877. The fraction of sp³-hybridized carbons (Fsp3) is 0.316. The Bertz CT molecular complexity index is 786. The van der Waals surface area contributed by atoms with Crippen molar-refractivity contribution < 1.29 is 14.3 Å². The molecule has 1 aliphatic heterocycles. The number of anilines is 1. The van der Waals surface area contributed by atoms with Crippen molar-refractivity contribution in [3.63, 3.8) is 0 Å². The van der Waals surface area contributed by atoms with Crippen LogP contribution in [0.4, 0.5) is 5.69 Å². The number of rotatable bonds is 4. The second-order valence-corrected chi connectivity index (χ2v) is 5.98. The van der Waals surface area contributed by atoms with E-state index in [1.807, 2.05) is 31.2 Å². The fourth-order valence-corrected chi connectivity index (χ4v) is 3.35. The first-order valence-electron chi connectivity index (χ1n) is 7.93. The lowest BCUT2D eigenvalue weighted by Gasteiger charge is -2.33. The molecule has 0 aromatic heterocycles. The number of amides is 1. The van der Waals surface area contributed by atoms with Gasteiger partial charge in [0, 0.05) is 13.1 Å². The highest BCUT2D eigenvalue weighted by Crippen LogP contribution is 2.36. The van der Waals surface area contributed by atoms with Crippen LogP contribution in [0.5, 0.6) is 11.5 Å². The van der Waals surface area contributed by atoms with Gasteiger partial charge in [-0.3, -0.25) is 4.79 Å². The molecule has 0 saturated carbocycles. The molecule has 5 nitrogen and oxygen atoms in total. The van der Waals surface area contributed by atoms with E-state index in [1.165, 1.54) is 11.1 Å². The van der Waals surface area contributed by atoms with Crippen molar-refractivity contribution in [1.82, 2.24) is 0 Å². The summed E-state index contributed by atoms with van der Waals surface area (Å²) in [6, 6.07) is 9.71. The van der Waals surface area contributed by atoms with Crippen molar-refractivity contribution in [3.05, 3.63) is 52.6 Å². The third-order valence-electron chi connectivity index (χ3n) is 4.54. The molecule has 3 rings (SSSR count). The average Bonchev–Trinajstić information content (AvgIpc) is 2.59. The topological polar surface area (TPSA) is 64.8 Å². The van der Waals surface area contributed by atoms with E-state index in [2.05, 4.69) is 4.90 Å². The van der Waals surface area contributed by atoms with Crippen LogP contribution in [0.15, 0.2) is 30.3 Å². The van der Waals surface area contributed by atoms with Gasteiger partial charge in [0.05, 0.1) is 25.5 Å². The molecule has 2 aromatic rings. The van der Waals surface area contributed by atoms with Crippen LogP contribution in [0, 0.1) is 6.92 Å². The Kier molecular flexibility index (Phi) is 4.34. The van der Waals surface area contributed by atoms with Crippen LogP contribution in [0.3, 0.4) is 0 Å². The molecule has 126 valence electrons. The summed E-state index contributed by atoms with van der Waals surface area (Å²) < 4.78 is 10.8. The highest BCUT2D eigenvalue weighted by Gasteiger charge is 2.23. The van der Waals surface area contributed by atoms with Gasteiger partial charge in [-0.25, -0.2) is 0 Å². The normalized spacial score (nSPS) is 13.4. The maximum absolute atomic E-state index is 11.8. The van der Waals surface area contributed by atoms with Crippen LogP contribution >= 0.6 is 0 Å². The lowest BCUT2D eigenvalue weighted by molar-refractivity contribution is 0.100. The molecule has 0 unspecified atom stereocenters. The standard InChI is InChI=1S/C19H22N2O3/c1-12-5-4-6-15(19(20)22)18(12)21-8-7-13-9-16(23-2)17(24-3)10-14(13)11-21/h4-6,9-10H,7-8,11H2,1-3H3,(H2,20,22). The molecule has 0 fully saturated rings. The van der Waals surface area contributed by atoms with E-state index in [9.17, 15) is 4.79 Å². The van der Waals surface area contributed by atoms with Gasteiger partial charge in [-0.1, -0.05) is 12.1 Å². The number of nitrogens with two attached hydrogens (primary N) is 1. The SMILES string of the molecule is COc1cc2c(cc1OC)CN(c1c(C)cccc1C(N)=O)CC2. The molecular formula is C19H22N2O3. The number of carbonyl (C=O) groups is 1. The molecule has 5 heteroatoms. The van der Waals surface area contributed by atoms with Crippen molar-refractivity contribution in [3.8, 4) is 11.5 Å². The second-order valence-electron chi connectivity index (χ2n) is 5.98. The van der Waals surface area contributed by atoms with Crippen LogP contribution in [0.2, 0.25) is 0 Å². The highest BCUT2D eigenvalue weighted by atomic mass is 16.5. The zero-order valence-electron chi connectivity index (χ0n) is 14.3. The number of ether oxygens (including phenoxy) is 2. The number of carbonyl (C=O) groups excluding carboxylic acids is 1. The molecular weight excluding hydrogens is 304 g/mol. The Labute approximate surface area is 142 Å². The van der Waals surface area contributed by atoms with Gasteiger partial charge >= 0.3 is 0 Å². The number of nitrogens with zero attached hydrogens (tertiary/aromatic N) is 1. The van der Waals surface area contributed by atoms with Crippen molar-refractivity contribution in [2.45, 2.75) is 19.9 Å². The molecule has 0 atom stereocenters. The molecule has 0 spiro atoms. The van der Waals surface area contributed by atoms with Gasteiger partial charge in [-0.05, 0) is 48.2 Å². The molecule has 2 N–H and O–H groups in total. The highest BCUT2D eigenvalue weighted by molar-refractivity contribution is 5.99. The van der Waals surface area contributed by atoms with E-state index >= 15 is 0 Å². The second kappa shape index (κ2) is 6.43. The van der Waals surface area contributed by atoms with Gasteiger partial charge in [0.1, 0.15) is 0 Å². The van der Waals surface area contributed by atoms with E-state index in [1.54, 1.807) is 20.3 Å². The van der Waals surface area contributed by atoms with Gasteiger partial charge in [-0.15, -0.1) is 0 Å². The Balaban J connectivity index is 2.01. The van der Waals surface area contributed by atoms with Crippen LogP contribution in [0.1, 0.15) is 27.0 Å². The summed E-state index contributed by atoms with van der Waals surface area (Å²) in [5.41, 5.74) is 10.5. The number of fused-ring (bicyclic) bond motifs is 1. The van der Waals surface area contributed by atoms with Crippen LogP contribution in [0.25, 0.3) is 0 Å². The van der Waals surface area contributed by atoms with Gasteiger partial charge in [-0.2, -0.15) is 0 Å². The van der Waals surface area contributed by atoms with Gasteiger partial charge in [0.2, 0.25) is 0 Å². The molecule has 1 amide bonds. The van der Waals surface area contributed by atoms with Crippen LogP contribution < -0.4 is 20.1 Å². The first-order valence-corrected chi connectivity index (χ1v) is 7.93. The predicted molar refractivity (Wildman–Crippen MR) is 94.0 cm³/mol. The number of methoxy groups -OCH3 is 2. The first-order chi connectivity index (χ1) is 11.5. The van der Waals surface area contributed by atoms with Gasteiger partial charge in [0.15, 0.2) is 11.5 Å². The monoisotopic (exact) mass is 326 g/mol. The Hall–Kier alpha value is -2.69. The lowest BCUT2D eigenvalue weighted by Crippen LogP contribution is -2.33. The lowest BCUT2D eigenvalue weighted by atomic mass is 9.96. The minimum Gasteiger partial charge on any atom is -0.493 e. The average molecular weight is 326 g/mol. The number of aryl methyl sites for hydroxylation is 1. The smallest absolute Gasteiger partial charge is 0.250 e. The summed E-state index contributed by atoms with van der Waals surface area (Å²) in [6.45, 7) is 3.54. The molecule has 0 saturated heterocycles. The van der Waals surface area contributed by atoms with Crippen molar-refractivity contribution in [2.24, 2.45) is 5.73 Å². The zero-order valence-corrected chi connectivity index (χ0v) is 14.3. The minimum absolute atomic E-state index is 0.396. The van der Waals surface area contributed by atoms with E-state index < -0.39 is 5.91 Å². The summed E-state index contributed by atoms with van der Waals surface area (Å²) in [5, 5.41) is 0. The maximum Gasteiger partial charge on any atom is 0.250 e. The summed E-state index contributed by atoms with van der Waals surface area (Å²) >= 11 is 0. The van der Waals surface area contributed by atoms with Crippen LogP contribution in [-0.4, -0.2) is 26.7 Å². The van der Waals surface area contributed by atoms with E-state index in [-0.39, 0.29) is 0 Å². The fourth-order valence-electron chi connectivity index (χ4n) is 3.35. The predicted octanol–water partition coefficient (Wildman–Crippen LogP) is 2.67. The Morgan fingerprint density at radius 3 is 2.42 bits per heavy atom. The number of para-hydroxylation sites is 1. The van der Waals surface area contributed by atoms with Crippen LogP contribution in [-0.2, 0) is 13.0 Å². The van der Waals surface area contributed by atoms with Crippen molar-refractivity contribution >= 4 is 11.6 Å². The molecule has 24 heavy (non-hydrogen) atoms. The number of hydrogen-bond acceptors (Lipinski definition) is 4. The van der Waals surface area contributed by atoms with Crippen molar-refractivity contribution in [2.75, 3.05) is 25.7 Å². The molecule has 0 bridgehead atoms. The van der Waals surface area contributed by atoms with E-state index in [4.69, 9.17) is 15.2 Å². The first kappa shape index (κ1) is 16.2. The largest absolute Gasteiger partial charge is 0.493 e. The third-order valence-corrected chi connectivity index (χ3v) is 4.54. The molecule has 1 aliphatic rings. The number of primary amides is 1. The third kappa shape index (κ3) is 2.77. The minimum atomic E-state index is -0.396. The Morgan fingerprint density at radius 1 is 1.12 bits per heavy atom. The molecule has 0 radical (unpaired) electrons. The summed E-state index contributed by atoms with van der Waals surface area (Å²) in [7, 11) is 3.28. The Morgan fingerprint density at radius 2 is 1.79 bits per heavy atom. The van der Waals surface area contributed by atoms with Gasteiger partial charge in [0.25, 0.3) is 5.91 Å². The number of hydrogen-bond donors (Lipinski definition) is 1. The molecule has 1 heterocycles. The van der Waals surface area contributed by atoms with Gasteiger partial charge < -0.3 is 20.1 Å². The maximum atomic E-state index is 11.8. The van der Waals surface area contributed by atoms with E-state index in [0.717, 1.165) is 35.7 Å². The quantitative estimate of drug-likeness (QED) is 0.938. The summed E-state index contributed by atoms with van der Waals surface area (Å²) in [4.78, 5) is 14.0. The number of benzene rings is 2. The van der Waals surface area contributed by atoms with Crippen molar-refractivity contribution in [1.29, 1.82) is 0 Å². The van der Waals surface area contributed by atoms with E-state index in [0.29, 0.717) is 12.1 Å².